The minimum absolute atomic E-state index is 0.838. The molecule has 0 saturated heterocycles. The molecule has 0 fully saturated rings. The summed E-state index contributed by atoms with van der Waals surface area (Å²) >= 11 is 0. The van der Waals surface area contributed by atoms with Crippen molar-refractivity contribution in [2.24, 2.45) is 0 Å². The molecule has 41 valence electrons. The maximum absolute atomic E-state index is 11.5. The lowest BCUT2D eigenvalue weighted by Gasteiger charge is -1.97. The van der Waals surface area contributed by atoms with Crippen molar-refractivity contribution >= 4 is 5.97 Å². The van der Waals surface area contributed by atoms with Gasteiger partial charge in [0, 0.05) is 6.92 Å². The van der Waals surface area contributed by atoms with Gasteiger partial charge in [0.2, 0.25) is 6.36 Å². The van der Waals surface area contributed by atoms with Crippen LogP contribution in [0.15, 0.2) is 0 Å². The Morgan fingerprint density at radius 2 is 2.43 bits per heavy atom. The number of rotatable bonds is 1. The normalized spacial score (nSPS) is 13.0. The van der Waals surface area contributed by atoms with Crippen molar-refractivity contribution in [3.63, 3.8) is 0 Å². The van der Waals surface area contributed by atoms with Crippen molar-refractivity contribution < 1.29 is 13.9 Å². The SMILES string of the molecule is [CH2]C(=O)OC(C)F. The molecule has 7 heavy (non-hydrogen) atoms. The van der Waals surface area contributed by atoms with E-state index in [0.717, 1.165) is 6.92 Å². The minimum atomic E-state index is -1.54. The second-order valence-electron chi connectivity index (χ2n) is 1.03. The lowest BCUT2D eigenvalue weighted by atomic mass is 10.7. The zero-order valence-corrected chi connectivity index (χ0v) is 3.98. The zero-order chi connectivity index (χ0) is 5.86. The second kappa shape index (κ2) is 2.55. The average molecular weight is 105 g/mol. The molecule has 0 heterocycles. The molecule has 0 amide bonds. The van der Waals surface area contributed by atoms with E-state index >= 15 is 0 Å². The van der Waals surface area contributed by atoms with Gasteiger partial charge in [0.1, 0.15) is 0 Å². The molecule has 0 bridgehead atoms. The van der Waals surface area contributed by atoms with Crippen LogP contribution >= 0.6 is 0 Å². The van der Waals surface area contributed by atoms with Gasteiger partial charge in [-0.3, -0.25) is 4.79 Å². The van der Waals surface area contributed by atoms with E-state index in [-0.39, 0.29) is 0 Å². The Kier molecular flexibility index (Phi) is 2.33. The maximum Gasteiger partial charge on any atom is 0.308 e. The third kappa shape index (κ3) is 5.40. The molecule has 0 aromatic rings. The number of carbonyl (C=O) groups is 1. The van der Waals surface area contributed by atoms with Gasteiger partial charge in [-0.15, -0.1) is 0 Å². The van der Waals surface area contributed by atoms with Crippen LogP contribution in [0.25, 0.3) is 0 Å². The van der Waals surface area contributed by atoms with Crippen molar-refractivity contribution in [3.05, 3.63) is 6.92 Å². The first-order valence-electron chi connectivity index (χ1n) is 1.79. The van der Waals surface area contributed by atoms with E-state index in [1.54, 1.807) is 0 Å². The number of hydrogen-bond acceptors (Lipinski definition) is 2. The first-order valence-corrected chi connectivity index (χ1v) is 1.79. The van der Waals surface area contributed by atoms with E-state index in [9.17, 15) is 9.18 Å². The minimum Gasteiger partial charge on any atom is -0.431 e. The van der Waals surface area contributed by atoms with Crippen LogP contribution < -0.4 is 0 Å². The number of carbonyl (C=O) groups excluding carboxylic acids is 1. The summed E-state index contributed by atoms with van der Waals surface area (Å²) in [6.45, 7) is 3.89. The van der Waals surface area contributed by atoms with Gasteiger partial charge in [0.15, 0.2) is 0 Å². The monoisotopic (exact) mass is 105 g/mol. The van der Waals surface area contributed by atoms with Crippen molar-refractivity contribution in [1.82, 2.24) is 0 Å². The van der Waals surface area contributed by atoms with Crippen LogP contribution in [0, 0.1) is 6.92 Å². The van der Waals surface area contributed by atoms with Gasteiger partial charge in [0.05, 0.1) is 6.92 Å². The summed E-state index contributed by atoms with van der Waals surface area (Å²) in [4.78, 5) is 9.68. The summed E-state index contributed by atoms with van der Waals surface area (Å²) in [5, 5.41) is 0. The van der Waals surface area contributed by atoms with Crippen molar-refractivity contribution in [1.29, 1.82) is 0 Å². The van der Waals surface area contributed by atoms with E-state index in [2.05, 4.69) is 11.7 Å². The molecule has 0 saturated carbocycles. The first-order chi connectivity index (χ1) is 3.13. The van der Waals surface area contributed by atoms with Crippen LogP contribution in [0.3, 0.4) is 0 Å². The molecule has 0 rings (SSSR count). The summed E-state index contributed by atoms with van der Waals surface area (Å²) in [5.41, 5.74) is 0. The molecule has 3 heteroatoms. The summed E-state index contributed by atoms with van der Waals surface area (Å²) in [6.07, 6.45) is -1.54. The van der Waals surface area contributed by atoms with Crippen LogP contribution in [0.5, 0.6) is 0 Å². The fourth-order valence-corrected chi connectivity index (χ4v) is 0.181. The highest BCUT2D eigenvalue weighted by atomic mass is 19.1. The molecule has 1 unspecified atom stereocenters. The third-order valence-electron chi connectivity index (χ3n) is 0.294. The molecule has 2 nitrogen and oxygen atoms in total. The molecule has 0 spiro atoms. The summed E-state index contributed by atoms with van der Waals surface area (Å²) in [5.74, 6) is -0.838. The number of halogens is 1. The standard InChI is InChI=1S/C4H6FO2/c1-3(5)7-4(2)6/h3H,2H2,1H3. The van der Waals surface area contributed by atoms with E-state index in [1.165, 1.54) is 0 Å². The first kappa shape index (κ1) is 6.40. The average Bonchev–Trinajstić information content (AvgIpc) is 1.27. The molecule has 0 aliphatic carbocycles. The summed E-state index contributed by atoms with van der Waals surface area (Å²) in [7, 11) is 0. The van der Waals surface area contributed by atoms with Gasteiger partial charge in [-0.2, -0.15) is 0 Å². The molecule has 0 aliphatic rings. The van der Waals surface area contributed by atoms with E-state index in [0.29, 0.717) is 0 Å². The molecule has 0 N–H and O–H groups in total. The van der Waals surface area contributed by atoms with Crippen LogP contribution in [0.2, 0.25) is 0 Å². The number of alkyl halides is 1. The second-order valence-corrected chi connectivity index (χ2v) is 1.03. The largest absolute Gasteiger partial charge is 0.431 e. The van der Waals surface area contributed by atoms with Gasteiger partial charge in [-0.25, -0.2) is 4.39 Å². The van der Waals surface area contributed by atoms with Crippen LogP contribution in [0.4, 0.5) is 4.39 Å². The maximum atomic E-state index is 11.5. The highest BCUT2D eigenvalue weighted by molar-refractivity contribution is 5.73. The van der Waals surface area contributed by atoms with Gasteiger partial charge < -0.3 is 4.74 Å². The Morgan fingerprint density at radius 3 is 2.43 bits per heavy atom. The molecular formula is C4H6FO2. The lowest BCUT2D eigenvalue weighted by Crippen LogP contribution is -2.05. The highest BCUT2D eigenvalue weighted by Gasteiger charge is 1.97. The predicted molar refractivity (Wildman–Crippen MR) is 22.0 cm³/mol. The van der Waals surface area contributed by atoms with E-state index < -0.39 is 12.3 Å². The summed E-state index contributed by atoms with van der Waals surface area (Å²) < 4.78 is 15.3. The van der Waals surface area contributed by atoms with E-state index in [1.807, 2.05) is 0 Å². The van der Waals surface area contributed by atoms with Gasteiger partial charge >= 0.3 is 5.97 Å². The predicted octanol–water partition coefficient (Wildman–Crippen LogP) is 0.679. The molecule has 0 aromatic heterocycles. The number of hydrogen-bond donors (Lipinski definition) is 0. The Labute approximate surface area is 41.3 Å². The smallest absolute Gasteiger partial charge is 0.308 e. The highest BCUT2D eigenvalue weighted by Crippen LogP contribution is 1.88. The molecule has 0 aromatic carbocycles. The van der Waals surface area contributed by atoms with Crippen LogP contribution in [-0.2, 0) is 9.53 Å². The van der Waals surface area contributed by atoms with E-state index in [4.69, 9.17) is 0 Å². The zero-order valence-electron chi connectivity index (χ0n) is 3.98. The topological polar surface area (TPSA) is 26.3 Å². The van der Waals surface area contributed by atoms with Gasteiger partial charge in [-0.05, 0) is 0 Å². The van der Waals surface area contributed by atoms with Crippen LogP contribution in [-0.4, -0.2) is 12.3 Å². The van der Waals surface area contributed by atoms with Gasteiger partial charge in [0.25, 0.3) is 0 Å². The fraction of sp³-hybridized carbons (Fsp3) is 0.500. The molecule has 1 radical (unpaired) electrons. The number of esters is 1. The Hall–Kier alpha value is -0.600. The molecule has 0 aliphatic heterocycles. The van der Waals surface area contributed by atoms with Gasteiger partial charge in [-0.1, -0.05) is 0 Å². The van der Waals surface area contributed by atoms with Crippen molar-refractivity contribution in [3.8, 4) is 0 Å². The Balaban J connectivity index is 3.13. The van der Waals surface area contributed by atoms with Crippen molar-refractivity contribution in [2.75, 3.05) is 0 Å². The summed E-state index contributed by atoms with van der Waals surface area (Å²) in [6, 6.07) is 0. The lowest BCUT2D eigenvalue weighted by molar-refractivity contribution is -0.150. The van der Waals surface area contributed by atoms with Crippen molar-refractivity contribution in [2.45, 2.75) is 13.3 Å². The quantitative estimate of drug-likeness (QED) is 0.458. The molecule has 1 atom stereocenters. The van der Waals surface area contributed by atoms with Crippen LogP contribution in [0.1, 0.15) is 6.92 Å². The Morgan fingerprint density at radius 1 is 2.00 bits per heavy atom. The molecular weight excluding hydrogens is 99.0 g/mol. The number of ether oxygens (including phenoxy) is 1. The Bertz CT molecular complexity index is 70.1. The third-order valence-corrected chi connectivity index (χ3v) is 0.294. The fourth-order valence-electron chi connectivity index (χ4n) is 0.181.